The summed E-state index contributed by atoms with van der Waals surface area (Å²) in [6.07, 6.45) is 0. The molecule has 5 nitrogen and oxygen atoms in total. The number of carbonyl (C=O) groups excluding carboxylic acids is 1. The Morgan fingerprint density at radius 2 is 1.62 bits per heavy atom. The highest BCUT2D eigenvalue weighted by Crippen LogP contribution is 2.25. The van der Waals surface area contributed by atoms with Crippen LogP contribution in [0.1, 0.15) is 36.7 Å². The maximum absolute atomic E-state index is 12.2. The summed E-state index contributed by atoms with van der Waals surface area (Å²) < 4.78 is 5.34. The number of aliphatic carboxylic acids is 1. The number of benzene rings is 2. The molecule has 0 radical (unpaired) electrons. The average Bonchev–Trinajstić information content (AvgIpc) is 2.56. The van der Waals surface area contributed by atoms with E-state index in [9.17, 15) is 14.7 Å². The summed E-state index contributed by atoms with van der Waals surface area (Å²) in [5.41, 5.74) is 0.832. The summed E-state index contributed by atoms with van der Waals surface area (Å²) in [5.74, 6) is -0.411. The van der Waals surface area contributed by atoms with Crippen molar-refractivity contribution in [1.29, 1.82) is 0 Å². The van der Waals surface area contributed by atoms with Gasteiger partial charge in [0.25, 0.3) is 5.91 Å². The van der Waals surface area contributed by atoms with Crippen molar-refractivity contribution in [3.05, 3.63) is 59.7 Å². The fourth-order valence-electron chi connectivity index (χ4n) is 2.17. The summed E-state index contributed by atoms with van der Waals surface area (Å²) in [5, 5.41) is 12.0. The molecule has 1 amide bonds. The second kappa shape index (κ2) is 7.17. The Hall–Kier alpha value is -2.82. The van der Waals surface area contributed by atoms with Crippen LogP contribution in [0.2, 0.25) is 0 Å². The van der Waals surface area contributed by atoms with Crippen molar-refractivity contribution >= 4 is 17.6 Å². The molecule has 0 aromatic heterocycles. The van der Waals surface area contributed by atoms with Gasteiger partial charge in [0.05, 0.1) is 12.0 Å². The molecule has 126 valence electrons. The van der Waals surface area contributed by atoms with Gasteiger partial charge in [0.2, 0.25) is 0 Å². The van der Waals surface area contributed by atoms with Crippen LogP contribution in [0.25, 0.3) is 0 Å². The normalized spacial score (nSPS) is 11.0. The number of hydrogen-bond acceptors (Lipinski definition) is 3. The number of carboxylic acids is 1. The van der Waals surface area contributed by atoms with Gasteiger partial charge < -0.3 is 15.2 Å². The fourth-order valence-corrected chi connectivity index (χ4v) is 2.17. The Balaban J connectivity index is 2.08. The summed E-state index contributed by atoms with van der Waals surface area (Å²) in [6, 6.07) is 13.7. The Morgan fingerprint density at radius 1 is 1.04 bits per heavy atom. The number of anilines is 1. The molecule has 0 saturated carbocycles. The van der Waals surface area contributed by atoms with Crippen LogP contribution in [-0.4, -0.2) is 23.6 Å². The fraction of sp³-hybridized carbons (Fsp3) is 0.263. The quantitative estimate of drug-likeness (QED) is 0.848. The van der Waals surface area contributed by atoms with E-state index in [4.69, 9.17) is 4.74 Å². The van der Waals surface area contributed by atoms with Crippen molar-refractivity contribution in [2.45, 2.75) is 26.2 Å². The highest BCUT2D eigenvalue weighted by molar-refractivity contribution is 6.04. The van der Waals surface area contributed by atoms with E-state index in [1.807, 2.05) is 6.92 Å². The first-order valence-electron chi connectivity index (χ1n) is 7.72. The van der Waals surface area contributed by atoms with E-state index in [0.717, 1.165) is 0 Å². The van der Waals surface area contributed by atoms with E-state index in [2.05, 4.69) is 5.32 Å². The SMILES string of the molecule is CCOc1ccc(C(=O)Nc2ccc(C(C)(C)C(=O)O)cc2)cc1. The molecule has 2 N–H and O–H groups in total. The molecular formula is C19H21NO4. The first-order valence-corrected chi connectivity index (χ1v) is 7.72. The Morgan fingerprint density at radius 3 is 2.12 bits per heavy atom. The number of carbonyl (C=O) groups is 2. The van der Waals surface area contributed by atoms with Gasteiger partial charge in [-0.05, 0) is 62.7 Å². The molecule has 0 aliphatic carbocycles. The van der Waals surface area contributed by atoms with Crippen molar-refractivity contribution in [2.24, 2.45) is 0 Å². The zero-order valence-corrected chi connectivity index (χ0v) is 14.0. The third-order valence-corrected chi connectivity index (χ3v) is 3.83. The van der Waals surface area contributed by atoms with Crippen molar-refractivity contribution in [3.8, 4) is 5.75 Å². The van der Waals surface area contributed by atoms with Gasteiger partial charge in [0.15, 0.2) is 0 Å². The summed E-state index contributed by atoms with van der Waals surface area (Å²) in [6.45, 7) is 5.76. The number of hydrogen-bond donors (Lipinski definition) is 2. The predicted octanol–water partition coefficient (Wildman–Crippen LogP) is 3.70. The van der Waals surface area contributed by atoms with Gasteiger partial charge >= 0.3 is 5.97 Å². The smallest absolute Gasteiger partial charge is 0.313 e. The number of nitrogens with one attached hydrogen (secondary N) is 1. The first kappa shape index (κ1) is 17.5. The molecule has 0 heterocycles. The van der Waals surface area contributed by atoms with Crippen LogP contribution in [0, 0.1) is 0 Å². The third-order valence-electron chi connectivity index (χ3n) is 3.83. The van der Waals surface area contributed by atoms with Crippen LogP contribution in [0.15, 0.2) is 48.5 Å². The number of amides is 1. The topological polar surface area (TPSA) is 75.6 Å². The van der Waals surface area contributed by atoms with Gasteiger partial charge in [-0.25, -0.2) is 0 Å². The highest BCUT2D eigenvalue weighted by Gasteiger charge is 2.29. The molecular weight excluding hydrogens is 306 g/mol. The van der Waals surface area contributed by atoms with Gasteiger partial charge in [0, 0.05) is 11.3 Å². The summed E-state index contributed by atoms with van der Waals surface area (Å²) in [7, 11) is 0. The molecule has 0 saturated heterocycles. The monoisotopic (exact) mass is 327 g/mol. The predicted molar refractivity (Wildman–Crippen MR) is 92.7 cm³/mol. The molecule has 0 spiro atoms. The number of carboxylic acid groups (broad SMARTS) is 1. The summed E-state index contributed by atoms with van der Waals surface area (Å²) >= 11 is 0. The summed E-state index contributed by atoms with van der Waals surface area (Å²) in [4.78, 5) is 23.5. The van der Waals surface area contributed by atoms with E-state index in [1.165, 1.54) is 0 Å². The van der Waals surface area contributed by atoms with Crippen LogP contribution in [0.5, 0.6) is 5.75 Å². The molecule has 0 fully saturated rings. The minimum Gasteiger partial charge on any atom is -0.494 e. The first-order chi connectivity index (χ1) is 11.3. The standard InChI is InChI=1S/C19H21NO4/c1-4-24-16-11-5-13(6-12-16)17(21)20-15-9-7-14(8-10-15)19(2,3)18(22)23/h5-12H,4H2,1-3H3,(H,20,21)(H,22,23). The molecule has 2 aromatic carbocycles. The molecule has 0 bridgehead atoms. The van der Waals surface area contributed by atoms with Crippen LogP contribution >= 0.6 is 0 Å². The lowest BCUT2D eigenvalue weighted by Crippen LogP contribution is -2.28. The van der Waals surface area contributed by atoms with Crippen molar-refractivity contribution in [1.82, 2.24) is 0 Å². The second-order valence-corrected chi connectivity index (χ2v) is 5.92. The van der Waals surface area contributed by atoms with Gasteiger partial charge in [-0.3, -0.25) is 9.59 Å². The Labute approximate surface area is 141 Å². The molecule has 5 heteroatoms. The van der Waals surface area contributed by atoms with Crippen molar-refractivity contribution in [3.63, 3.8) is 0 Å². The van der Waals surface area contributed by atoms with Gasteiger partial charge in [0.1, 0.15) is 5.75 Å². The van der Waals surface area contributed by atoms with Crippen LogP contribution in [0.3, 0.4) is 0 Å². The minimum atomic E-state index is -0.975. The molecule has 2 aromatic rings. The van der Waals surface area contributed by atoms with Crippen LogP contribution in [-0.2, 0) is 10.2 Å². The molecule has 0 atom stereocenters. The van der Waals surface area contributed by atoms with Gasteiger partial charge in [-0.2, -0.15) is 0 Å². The average molecular weight is 327 g/mol. The van der Waals surface area contributed by atoms with E-state index >= 15 is 0 Å². The van der Waals surface area contributed by atoms with E-state index in [1.54, 1.807) is 62.4 Å². The second-order valence-electron chi connectivity index (χ2n) is 5.92. The van der Waals surface area contributed by atoms with Crippen molar-refractivity contribution in [2.75, 3.05) is 11.9 Å². The maximum Gasteiger partial charge on any atom is 0.313 e. The number of rotatable bonds is 6. The van der Waals surface area contributed by atoms with Crippen LogP contribution < -0.4 is 10.1 Å². The van der Waals surface area contributed by atoms with Gasteiger partial charge in [-0.15, -0.1) is 0 Å². The minimum absolute atomic E-state index is 0.233. The van der Waals surface area contributed by atoms with E-state index in [0.29, 0.717) is 29.2 Å². The molecule has 2 rings (SSSR count). The van der Waals surface area contributed by atoms with E-state index in [-0.39, 0.29) is 5.91 Å². The molecule has 0 unspecified atom stereocenters. The highest BCUT2D eigenvalue weighted by atomic mass is 16.5. The zero-order valence-electron chi connectivity index (χ0n) is 14.0. The maximum atomic E-state index is 12.2. The Kier molecular flexibility index (Phi) is 5.24. The Bertz CT molecular complexity index is 718. The molecule has 24 heavy (non-hydrogen) atoms. The van der Waals surface area contributed by atoms with Crippen molar-refractivity contribution < 1.29 is 19.4 Å². The van der Waals surface area contributed by atoms with Gasteiger partial charge in [-0.1, -0.05) is 12.1 Å². The number of ether oxygens (including phenoxy) is 1. The third kappa shape index (κ3) is 3.93. The lowest BCUT2D eigenvalue weighted by Gasteiger charge is -2.19. The zero-order chi connectivity index (χ0) is 17.7. The lowest BCUT2D eigenvalue weighted by atomic mass is 9.85. The largest absolute Gasteiger partial charge is 0.494 e. The lowest BCUT2D eigenvalue weighted by molar-refractivity contribution is -0.142. The van der Waals surface area contributed by atoms with Crippen LogP contribution in [0.4, 0.5) is 5.69 Å². The van der Waals surface area contributed by atoms with E-state index < -0.39 is 11.4 Å². The molecule has 0 aliphatic heterocycles. The molecule has 0 aliphatic rings.